The normalized spacial score (nSPS) is 10.9. The molecule has 1 aromatic heterocycles. The van der Waals surface area contributed by atoms with Gasteiger partial charge < -0.3 is 10.8 Å². The van der Waals surface area contributed by atoms with Crippen molar-refractivity contribution in [2.24, 2.45) is 0 Å². The lowest BCUT2D eigenvalue weighted by molar-refractivity contribution is 0.467. The average Bonchev–Trinajstić information content (AvgIpc) is 2.74. The Morgan fingerprint density at radius 1 is 1.06 bits per heavy atom. The van der Waals surface area contributed by atoms with Crippen LogP contribution in [-0.4, -0.2) is 20.1 Å². The highest BCUT2D eigenvalue weighted by Crippen LogP contribution is 2.23. The van der Waals surface area contributed by atoms with Crippen molar-refractivity contribution < 1.29 is 5.11 Å². The third kappa shape index (κ3) is 1.66. The van der Waals surface area contributed by atoms with Crippen LogP contribution in [0.2, 0.25) is 0 Å². The largest absolute Gasteiger partial charge is 0.506 e. The summed E-state index contributed by atoms with van der Waals surface area (Å²) in [6.45, 7) is 1.95. The molecule has 0 atom stereocenters. The zero-order valence-corrected chi connectivity index (χ0v) is 9.83. The Hall–Kier alpha value is -2.56. The van der Waals surface area contributed by atoms with E-state index in [2.05, 4.69) is 10.2 Å². The Labute approximate surface area is 103 Å². The lowest BCUT2D eigenvalue weighted by atomic mass is 10.2. The minimum absolute atomic E-state index is 0.147. The third-order valence-electron chi connectivity index (χ3n) is 2.75. The third-order valence-corrected chi connectivity index (χ3v) is 2.75. The molecule has 0 bridgehead atoms. The molecule has 2 aromatic carbocycles. The molecule has 0 spiro atoms. The summed E-state index contributed by atoms with van der Waals surface area (Å²) in [6, 6.07) is 10.6. The average molecular weight is 240 g/mol. The van der Waals surface area contributed by atoms with Crippen molar-refractivity contribution in [2.75, 3.05) is 5.73 Å². The number of nitrogen functional groups attached to an aromatic ring is 1. The number of fused-ring (bicyclic) bond motifs is 1. The number of aromatic nitrogens is 3. The van der Waals surface area contributed by atoms with Gasteiger partial charge in [-0.3, -0.25) is 0 Å². The zero-order chi connectivity index (χ0) is 12.7. The molecule has 3 N–H and O–H groups in total. The molecule has 18 heavy (non-hydrogen) atoms. The number of phenolic OH excluding ortho intramolecular Hbond substituents is 1. The van der Waals surface area contributed by atoms with Crippen molar-refractivity contribution in [3.8, 4) is 11.4 Å². The Morgan fingerprint density at radius 3 is 2.67 bits per heavy atom. The quantitative estimate of drug-likeness (QED) is 0.638. The summed E-state index contributed by atoms with van der Waals surface area (Å²) in [5.41, 5.74) is 9.38. The number of nitrogens with zero attached hydrogens (tertiary/aromatic N) is 3. The summed E-state index contributed by atoms with van der Waals surface area (Å²) < 4.78 is 0. The van der Waals surface area contributed by atoms with Crippen LogP contribution in [-0.2, 0) is 0 Å². The molecule has 0 radical (unpaired) electrons. The highest BCUT2D eigenvalue weighted by atomic mass is 16.3. The minimum Gasteiger partial charge on any atom is -0.506 e. The van der Waals surface area contributed by atoms with Crippen molar-refractivity contribution in [3.63, 3.8) is 0 Å². The SMILES string of the molecule is Cc1ccc(O)c(-n2nc3ccc(N)cc3n2)c1. The lowest BCUT2D eigenvalue weighted by Crippen LogP contribution is -1.99. The summed E-state index contributed by atoms with van der Waals surface area (Å²) in [5.74, 6) is 0.147. The molecule has 1 heterocycles. The van der Waals surface area contributed by atoms with E-state index in [1.165, 1.54) is 4.80 Å². The van der Waals surface area contributed by atoms with Crippen molar-refractivity contribution in [1.82, 2.24) is 15.0 Å². The molecule has 0 unspecified atom stereocenters. The van der Waals surface area contributed by atoms with E-state index in [1.54, 1.807) is 24.3 Å². The van der Waals surface area contributed by atoms with E-state index in [4.69, 9.17) is 5.73 Å². The van der Waals surface area contributed by atoms with Gasteiger partial charge in [0, 0.05) is 5.69 Å². The molecular formula is C13H12N4O. The molecule has 5 nitrogen and oxygen atoms in total. The maximum absolute atomic E-state index is 9.84. The predicted octanol–water partition coefficient (Wildman–Crippen LogP) is 2.02. The van der Waals surface area contributed by atoms with E-state index in [0.717, 1.165) is 11.1 Å². The van der Waals surface area contributed by atoms with Crippen LogP contribution in [0.4, 0.5) is 5.69 Å². The summed E-state index contributed by atoms with van der Waals surface area (Å²) in [6.07, 6.45) is 0. The molecule has 0 fully saturated rings. The number of aryl methyl sites for hydroxylation is 1. The number of anilines is 1. The Bertz CT molecular complexity index is 733. The maximum atomic E-state index is 9.84. The monoisotopic (exact) mass is 240 g/mol. The summed E-state index contributed by atoms with van der Waals surface area (Å²) in [5, 5.41) is 18.5. The zero-order valence-electron chi connectivity index (χ0n) is 9.83. The second-order valence-electron chi connectivity index (χ2n) is 4.23. The number of rotatable bonds is 1. The van der Waals surface area contributed by atoms with Crippen LogP contribution in [0.3, 0.4) is 0 Å². The number of hydrogen-bond donors (Lipinski definition) is 2. The maximum Gasteiger partial charge on any atom is 0.143 e. The van der Waals surface area contributed by atoms with Gasteiger partial charge in [-0.05, 0) is 42.8 Å². The Kier molecular flexibility index (Phi) is 2.19. The number of phenols is 1. The molecule has 0 amide bonds. The van der Waals surface area contributed by atoms with Gasteiger partial charge in [-0.15, -0.1) is 15.0 Å². The first kappa shape index (κ1) is 10.6. The van der Waals surface area contributed by atoms with Crippen LogP contribution < -0.4 is 5.73 Å². The van der Waals surface area contributed by atoms with Crippen molar-refractivity contribution >= 4 is 16.7 Å². The van der Waals surface area contributed by atoms with Crippen LogP contribution in [0, 0.1) is 6.92 Å². The van der Waals surface area contributed by atoms with Gasteiger partial charge in [-0.2, -0.15) is 0 Å². The highest BCUT2D eigenvalue weighted by Gasteiger charge is 2.08. The van der Waals surface area contributed by atoms with Crippen LogP contribution >= 0.6 is 0 Å². The van der Waals surface area contributed by atoms with Crippen molar-refractivity contribution in [2.45, 2.75) is 6.92 Å². The summed E-state index contributed by atoms with van der Waals surface area (Å²) in [7, 11) is 0. The van der Waals surface area contributed by atoms with E-state index >= 15 is 0 Å². The molecule has 0 aliphatic heterocycles. The van der Waals surface area contributed by atoms with Crippen LogP contribution in [0.5, 0.6) is 5.75 Å². The fraction of sp³-hybridized carbons (Fsp3) is 0.0769. The predicted molar refractivity (Wildman–Crippen MR) is 69.7 cm³/mol. The molecule has 5 heteroatoms. The Morgan fingerprint density at radius 2 is 1.83 bits per heavy atom. The van der Waals surface area contributed by atoms with E-state index in [0.29, 0.717) is 16.9 Å². The van der Waals surface area contributed by atoms with E-state index in [-0.39, 0.29) is 5.75 Å². The van der Waals surface area contributed by atoms with E-state index in [9.17, 15) is 5.11 Å². The minimum atomic E-state index is 0.147. The molecule has 90 valence electrons. The number of aromatic hydroxyl groups is 1. The van der Waals surface area contributed by atoms with Gasteiger partial charge >= 0.3 is 0 Å². The number of hydrogen-bond acceptors (Lipinski definition) is 4. The summed E-state index contributed by atoms with van der Waals surface area (Å²) in [4.78, 5) is 1.42. The second kappa shape index (κ2) is 3.73. The fourth-order valence-corrected chi connectivity index (χ4v) is 1.83. The first-order valence-electron chi connectivity index (χ1n) is 5.56. The number of nitrogens with two attached hydrogens (primary N) is 1. The van der Waals surface area contributed by atoms with Gasteiger partial charge in [-0.25, -0.2) is 0 Å². The first-order chi connectivity index (χ1) is 8.63. The topological polar surface area (TPSA) is 77.0 Å². The number of benzene rings is 2. The molecule has 0 aliphatic carbocycles. The summed E-state index contributed by atoms with van der Waals surface area (Å²) >= 11 is 0. The van der Waals surface area contributed by atoms with Crippen molar-refractivity contribution in [3.05, 3.63) is 42.0 Å². The second-order valence-corrected chi connectivity index (χ2v) is 4.23. The molecule has 0 aliphatic rings. The van der Waals surface area contributed by atoms with Gasteiger partial charge in [0.2, 0.25) is 0 Å². The fourth-order valence-electron chi connectivity index (χ4n) is 1.83. The van der Waals surface area contributed by atoms with Crippen LogP contribution in [0.15, 0.2) is 36.4 Å². The van der Waals surface area contributed by atoms with Gasteiger partial charge in [0.15, 0.2) is 0 Å². The van der Waals surface area contributed by atoms with Gasteiger partial charge in [0.05, 0.1) is 0 Å². The van der Waals surface area contributed by atoms with Crippen LogP contribution in [0.1, 0.15) is 5.56 Å². The Balaban J connectivity index is 2.22. The van der Waals surface area contributed by atoms with Crippen molar-refractivity contribution in [1.29, 1.82) is 0 Å². The first-order valence-corrected chi connectivity index (χ1v) is 5.56. The molecule has 3 aromatic rings. The van der Waals surface area contributed by atoms with Gasteiger partial charge in [-0.1, -0.05) is 6.07 Å². The van der Waals surface area contributed by atoms with E-state index < -0.39 is 0 Å². The van der Waals surface area contributed by atoms with Gasteiger partial charge in [0.25, 0.3) is 0 Å². The standard InChI is InChI=1S/C13H12N4O/c1-8-2-5-13(18)12(6-8)17-15-10-4-3-9(14)7-11(10)16-17/h2-7,18H,14H2,1H3. The lowest BCUT2D eigenvalue weighted by Gasteiger charge is -2.03. The molecule has 0 saturated heterocycles. The van der Waals surface area contributed by atoms with Gasteiger partial charge in [0.1, 0.15) is 22.5 Å². The smallest absolute Gasteiger partial charge is 0.143 e. The van der Waals surface area contributed by atoms with Crippen LogP contribution in [0.25, 0.3) is 16.7 Å². The van der Waals surface area contributed by atoms with E-state index in [1.807, 2.05) is 19.1 Å². The molecule has 3 rings (SSSR count). The molecule has 0 saturated carbocycles. The highest BCUT2D eigenvalue weighted by molar-refractivity contribution is 5.77. The molecular weight excluding hydrogens is 228 g/mol.